The van der Waals surface area contributed by atoms with Crippen LogP contribution < -0.4 is 20.9 Å². The largest absolute Gasteiger partial charge is 0.361 e. The molecule has 2 heterocycles. The number of carbonyl (C=O) groups excluding carboxylic acids is 3. The molecule has 0 aliphatic carbocycles. The first kappa shape index (κ1) is 17.4. The Morgan fingerprint density at radius 3 is 2.64 bits per heavy atom. The molecule has 3 rings (SSSR count). The topological polar surface area (TPSA) is 90.5 Å². The molecule has 1 aromatic rings. The van der Waals surface area contributed by atoms with Gasteiger partial charge in [-0.1, -0.05) is 6.07 Å². The van der Waals surface area contributed by atoms with E-state index in [2.05, 4.69) is 22.0 Å². The fourth-order valence-electron chi connectivity index (χ4n) is 3.67. The first-order chi connectivity index (χ1) is 12.1. The van der Waals surface area contributed by atoms with Gasteiger partial charge in [0.15, 0.2) is 0 Å². The Morgan fingerprint density at radius 1 is 1.20 bits per heavy atom. The predicted octanol–water partition coefficient (Wildman–Crippen LogP) is 0.963. The van der Waals surface area contributed by atoms with Crippen molar-refractivity contribution < 1.29 is 14.4 Å². The standard InChI is InChI=1S/C18H24N4O3/c1-22(16-4-5-17(24)21-18(16)25)15-3-2-13(10-14(15)20-11-23)12-6-8-19-9-7-12/h2-3,10-12,16,19H,4-9H2,1H3,(H,20,23)(H,21,24,25). The van der Waals surface area contributed by atoms with Crippen molar-refractivity contribution >= 4 is 29.6 Å². The van der Waals surface area contributed by atoms with Crippen LogP contribution in [0, 0.1) is 0 Å². The van der Waals surface area contributed by atoms with Crippen molar-refractivity contribution in [3.8, 4) is 0 Å². The zero-order valence-electron chi connectivity index (χ0n) is 14.4. The van der Waals surface area contributed by atoms with Gasteiger partial charge in [0.05, 0.1) is 11.4 Å². The smallest absolute Gasteiger partial charge is 0.249 e. The molecule has 1 aromatic carbocycles. The number of likely N-dealkylation sites (N-methyl/N-ethyl adjacent to an activating group) is 1. The predicted molar refractivity (Wildman–Crippen MR) is 95.5 cm³/mol. The number of carbonyl (C=O) groups is 3. The van der Waals surface area contributed by atoms with Gasteiger partial charge in [-0.15, -0.1) is 0 Å². The minimum Gasteiger partial charge on any atom is -0.361 e. The summed E-state index contributed by atoms with van der Waals surface area (Å²) in [6.45, 7) is 2.00. The Balaban J connectivity index is 1.85. The quantitative estimate of drug-likeness (QED) is 0.547. The lowest BCUT2D eigenvalue weighted by Crippen LogP contribution is -2.51. The van der Waals surface area contributed by atoms with Crippen LogP contribution >= 0.6 is 0 Å². The van der Waals surface area contributed by atoms with Crippen molar-refractivity contribution in [3.63, 3.8) is 0 Å². The van der Waals surface area contributed by atoms with Gasteiger partial charge < -0.3 is 15.5 Å². The summed E-state index contributed by atoms with van der Waals surface area (Å²) < 4.78 is 0. The second-order valence-corrected chi connectivity index (χ2v) is 6.64. The molecule has 1 atom stereocenters. The van der Waals surface area contributed by atoms with Crippen LogP contribution in [0.1, 0.15) is 37.2 Å². The summed E-state index contributed by atoms with van der Waals surface area (Å²) in [4.78, 5) is 36.4. The normalized spacial score (nSPS) is 21.6. The molecule has 7 nitrogen and oxygen atoms in total. The van der Waals surface area contributed by atoms with Crippen LogP contribution in [0.3, 0.4) is 0 Å². The fraction of sp³-hybridized carbons (Fsp3) is 0.500. The molecule has 0 aromatic heterocycles. The first-order valence-electron chi connectivity index (χ1n) is 8.71. The zero-order chi connectivity index (χ0) is 17.8. The summed E-state index contributed by atoms with van der Waals surface area (Å²) in [5.74, 6) is -0.0520. The number of piperidine rings is 2. The molecule has 0 saturated carbocycles. The molecule has 2 fully saturated rings. The number of anilines is 2. The summed E-state index contributed by atoms with van der Waals surface area (Å²) in [6, 6.07) is 5.60. The fourth-order valence-corrected chi connectivity index (χ4v) is 3.67. The molecule has 0 radical (unpaired) electrons. The van der Waals surface area contributed by atoms with Gasteiger partial charge in [0.2, 0.25) is 18.2 Å². The molecule has 2 aliphatic rings. The lowest BCUT2D eigenvalue weighted by atomic mass is 9.89. The number of amides is 3. The van der Waals surface area contributed by atoms with Gasteiger partial charge in [0, 0.05) is 13.5 Å². The van der Waals surface area contributed by atoms with Gasteiger partial charge in [0.25, 0.3) is 0 Å². The summed E-state index contributed by atoms with van der Waals surface area (Å²) in [7, 11) is 1.82. The Morgan fingerprint density at radius 2 is 1.96 bits per heavy atom. The van der Waals surface area contributed by atoms with Crippen LogP contribution in [0.5, 0.6) is 0 Å². The average Bonchev–Trinajstić information content (AvgIpc) is 2.62. The number of nitrogens with zero attached hydrogens (tertiary/aromatic N) is 1. The van der Waals surface area contributed by atoms with Crippen molar-refractivity contribution in [1.29, 1.82) is 0 Å². The van der Waals surface area contributed by atoms with E-state index in [0.29, 0.717) is 30.9 Å². The van der Waals surface area contributed by atoms with E-state index in [0.717, 1.165) is 31.6 Å². The van der Waals surface area contributed by atoms with Crippen molar-refractivity contribution in [2.24, 2.45) is 0 Å². The van der Waals surface area contributed by atoms with E-state index in [1.165, 1.54) is 5.56 Å². The Bertz CT molecular complexity index is 670. The molecule has 25 heavy (non-hydrogen) atoms. The Labute approximate surface area is 147 Å². The maximum atomic E-state index is 12.1. The van der Waals surface area contributed by atoms with Crippen LogP contribution in [-0.4, -0.2) is 44.4 Å². The maximum Gasteiger partial charge on any atom is 0.249 e. The third-order valence-electron chi connectivity index (χ3n) is 5.10. The van der Waals surface area contributed by atoms with Gasteiger partial charge in [-0.2, -0.15) is 0 Å². The van der Waals surface area contributed by atoms with Gasteiger partial charge in [0.1, 0.15) is 6.04 Å². The molecule has 134 valence electrons. The molecule has 3 N–H and O–H groups in total. The van der Waals surface area contributed by atoms with E-state index in [-0.39, 0.29) is 11.8 Å². The number of benzene rings is 1. The van der Waals surface area contributed by atoms with Gasteiger partial charge >= 0.3 is 0 Å². The van der Waals surface area contributed by atoms with Crippen LogP contribution in [0.4, 0.5) is 11.4 Å². The molecule has 0 spiro atoms. The molecule has 0 bridgehead atoms. The second kappa shape index (κ2) is 7.65. The highest BCUT2D eigenvalue weighted by atomic mass is 16.2. The lowest BCUT2D eigenvalue weighted by Gasteiger charge is -2.33. The van der Waals surface area contributed by atoms with Gasteiger partial charge in [-0.25, -0.2) is 0 Å². The molecule has 2 aliphatic heterocycles. The van der Waals surface area contributed by atoms with Crippen LogP contribution in [0.2, 0.25) is 0 Å². The van der Waals surface area contributed by atoms with E-state index in [1.54, 1.807) is 0 Å². The van der Waals surface area contributed by atoms with Crippen molar-refractivity contribution in [2.75, 3.05) is 30.4 Å². The van der Waals surface area contributed by atoms with Crippen molar-refractivity contribution in [2.45, 2.75) is 37.6 Å². The maximum absolute atomic E-state index is 12.1. The summed E-state index contributed by atoms with van der Waals surface area (Å²) in [5.41, 5.74) is 2.67. The highest BCUT2D eigenvalue weighted by Gasteiger charge is 2.31. The molecule has 2 saturated heterocycles. The minimum atomic E-state index is -0.422. The van der Waals surface area contributed by atoms with Crippen molar-refractivity contribution in [1.82, 2.24) is 10.6 Å². The van der Waals surface area contributed by atoms with E-state index < -0.39 is 6.04 Å². The summed E-state index contributed by atoms with van der Waals surface area (Å²) >= 11 is 0. The lowest BCUT2D eigenvalue weighted by molar-refractivity contribution is -0.134. The molecule has 3 amide bonds. The second-order valence-electron chi connectivity index (χ2n) is 6.64. The van der Waals surface area contributed by atoms with E-state index in [1.807, 2.05) is 24.1 Å². The SMILES string of the molecule is CN(c1ccc(C2CCNCC2)cc1NC=O)C1CCC(=O)NC1=O. The number of hydrogen-bond donors (Lipinski definition) is 3. The van der Waals surface area contributed by atoms with E-state index in [9.17, 15) is 14.4 Å². The van der Waals surface area contributed by atoms with E-state index in [4.69, 9.17) is 0 Å². The molecule has 7 heteroatoms. The van der Waals surface area contributed by atoms with Gasteiger partial charge in [-0.3, -0.25) is 19.7 Å². The van der Waals surface area contributed by atoms with Gasteiger partial charge in [-0.05, 0) is 56.0 Å². The monoisotopic (exact) mass is 344 g/mol. The third kappa shape index (κ3) is 3.82. The molecular weight excluding hydrogens is 320 g/mol. The first-order valence-corrected chi connectivity index (χ1v) is 8.71. The highest BCUT2D eigenvalue weighted by molar-refractivity contribution is 6.02. The number of rotatable bonds is 5. The number of nitrogens with one attached hydrogen (secondary N) is 3. The van der Waals surface area contributed by atoms with E-state index >= 15 is 0 Å². The summed E-state index contributed by atoms with van der Waals surface area (Å²) in [6.07, 6.45) is 3.59. The highest BCUT2D eigenvalue weighted by Crippen LogP contribution is 2.34. The molecule has 1 unspecified atom stereocenters. The van der Waals surface area contributed by atoms with Crippen LogP contribution in [-0.2, 0) is 14.4 Å². The number of imide groups is 1. The summed E-state index contributed by atoms with van der Waals surface area (Å²) in [5, 5.41) is 8.49. The zero-order valence-corrected chi connectivity index (χ0v) is 14.4. The minimum absolute atomic E-state index is 0.234. The molecular formula is C18H24N4O3. The Hall–Kier alpha value is -2.41. The average molecular weight is 344 g/mol. The van der Waals surface area contributed by atoms with Crippen molar-refractivity contribution in [3.05, 3.63) is 23.8 Å². The third-order valence-corrected chi connectivity index (χ3v) is 5.10. The van der Waals surface area contributed by atoms with Crippen LogP contribution in [0.15, 0.2) is 18.2 Å². The number of hydrogen-bond acceptors (Lipinski definition) is 5. The van der Waals surface area contributed by atoms with Crippen LogP contribution in [0.25, 0.3) is 0 Å². The Kier molecular flexibility index (Phi) is 5.33.